The van der Waals surface area contributed by atoms with E-state index in [-0.39, 0.29) is 12.1 Å². The number of rotatable bonds is 3. The lowest BCUT2D eigenvalue weighted by Crippen LogP contribution is -2.48. The fourth-order valence-corrected chi connectivity index (χ4v) is 3.08. The number of hydrogen-bond acceptors (Lipinski definition) is 3. The highest BCUT2D eigenvalue weighted by atomic mass is 35.5. The number of carbonyl (C=O) groups is 1. The monoisotopic (exact) mass is 348 g/mol. The molecule has 0 aliphatic carbocycles. The van der Waals surface area contributed by atoms with Gasteiger partial charge in [0.25, 0.3) is 0 Å². The zero-order valence-corrected chi connectivity index (χ0v) is 14.6. The third kappa shape index (κ3) is 3.25. The van der Waals surface area contributed by atoms with E-state index in [4.69, 9.17) is 16.3 Å². The normalized spacial score (nSPS) is 17.8. The van der Waals surface area contributed by atoms with E-state index in [9.17, 15) is 4.79 Å². The summed E-state index contributed by atoms with van der Waals surface area (Å²) >= 11 is 6.27. The Labute approximate surface area is 146 Å². The van der Waals surface area contributed by atoms with E-state index in [1.807, 2.05) is 38.1 Å². The van der Waals surface area contributed by atoms with Crippen LogP contribution in [0.2, 0.25) is 5.02 Å². The molecule has 6 nitrogen and oxygen atoms in total. The molecule has 128 valence electrons. The number of anilines is 1. The van der Waals surface area contributed by atoms with Crippen molar-refractivity contribution in [2.24, 2.45) is 0 Å². The first-order valence-electron chi connectivity index (χ1n) is 8.09. The Morgan fingerprint density at radius 1 is 1.46 bits per heavy atom. The lowest BCUT2D eigenvalue weighted by Gasteiger charge is -2.33. The number of benzene rings is 1. The van der Waals surface area contributed by atoms with Crippen molar-refractivity contribution in [2.75, 3.05) is 25.1 Å². The van der Waals surface area contributed by atoms with E-state index in [0.29, 0.717) is 30.5 Å². The summed E-state index contributed by atoms with van der Waals surface area (Å²) in [5.41, 5.74) is 2.43. The van der Waals surface area contributed by atoms with Crippen LogP contribution in [0.25, 0.3) is 5.69 Å². The van der Waals surface area contributed by atoms with Crippen molar-refractivity contribution in [2.45, 2.75) is 26.3 Å². The zero-order valence-electron chi connectivity index (χ0n) is 13.8. The maximum atomic E-state index is 12.6. The van der Waals surface area contributed by atoms with E-state index in [1.165, 1.54) is 0 Å². The SMILES string of the molecule is CCc1c(NC(=O)N2CCOC[C@H]2C)cnn1-c1ccccc1Cl. The summed E-state index contributed by atoms with van der Waals surface area (Å²) in [5, 5.41) is 8.01. The van der Waals surface area contributed by atoms with Crippen LogP contribution in [0.1, 0.15) is 19.5 Å². The second-order valence-electron chi connectivity index (χ2n) is 5.77. The van der Waals surface area contributed by atoms with Crippen molar-refractivity contribution in [1.29, 1.82) is 0 Å². The molecule has 0 saturated carbocycles. The lowest BCUT2D eigenvalue weighted by atomic mass is 10.2. The molecule has 1 atom stereocenters. The molecule has 1 aromatic carbocycles. The van der Waals surface area contributed by atoms with E-state index < -0.39 is 0 Å². The Morgan fingerprint density at radius 3 is 2.96 bits per heavy atom. The van der Waals surface area contributed by atoms with E-state index >= 15 is 0 Å². The highest BCUT2D eigenvalue weighted by Crippen LogP contribution is 2.25. The molecule has 24 heavy (non-hydrogen) atoms. The van der Waals surface area contributed by atoms with Gasteiger partial charge in [0.15, 0.2) is 0 Å². The third-order valence-corrected chi connectivity index (χ3v) is 4.47. The van der Waals surface area contributed by atoms with Crippen molar-refractivity contribution in [1.82, 2.24) is 14.7 Å². The van der Waals surface area contributed by atoms with Crippen LogP contribution < -0.4 is 5.32 Å². The van der Waals surface area contributed by atoms with Crippen LogP contribution in [-0.4, -0.2) is 46.5 Å². The van der Waals surface area contributed by atoms with Gasteiger partial charge < -0.3 is 15.0 Å². The summed E-state index contributed by atoms with van der Waals surface area (Å²) in [5.74, 6) is 0. The van der Waals surface area contributed by atoms with Gasteiger partial charge in [-0.1, -0.05) is 30.7 Å². The molecule has 1 saturated heterocycles. The fourth-order valence-electron chi connectivity index (χ4n) is 2.87. The molecule has 0 bridgehead atoms. The summed E-state index contributed by atoms with van der Waals surface area (Å²) < 4.78 is 7.16. The van der Waals surface area contributed by atoms with E-state index in [0.717, 1.165) is 17.8 Å². The molecular formula is C17H21ClN4O2. The number of carbonyl (C=O) groups excluding carboxylic acids is 1. The standard InChI is InChI=1S/C17H21ClN4O2/c1-3-15-14(20-17(23)21-8-9-24-11-12(21)2)10-19-22(15)16-7-5-4-6-13(16)18/h4-7,10,12H,3,8-9,11H2,1-2H3,(H,20,23)/t12-/m1/s1. The second kappa shape index (κ2) is 7.23. The molecule has 3 rings (SSSR count). The quantitative estimate of drug-likeness (QED) is 0.925. The van der Waals surface area contributed by atoms with Crippen LogP contribution in [0.3, 0.4) is 0 Å². The molecule has 2 heterocycles. The number of aromatic nitrogens is 2. The van der Waals surface area contributed by atoms with Crippen molar-refractivity contribution >= 4 is 23.3 Å². The van der Waals surface area contributed by atoms with Gasteiger partial charge in [-0.25, -0.2) is 9.48 Å². The van der Waals surface area contributed by atoms with Gasteiger partial charge in [-0.15, -0.1) is 0 Å². The molecule has 7 heteroatoms. The Balaban J connectivity index is 1.85. The average Bonchev–Trinajstić information content (AvgIpc) is 2.98. The van der Waals surface area contributed by atoms with Crippen LogP contribution >= 0.6 is 11.6 Å². The van der Waals surface area contributed by atoms with Gasteiger partial charge in [-0.2, -0.15) is 5.10 Å². The number of ether oxygens (including phenoxy) is 1. The summed E-state index contributed by atoms with van der Waals surface area (Å²) in [6, 6.07) is 7.46. The van der Waals surface area contributed by atoms with Gasteiger partial charge in [-0.05, 0) is 25.5 Å². The molecule has 1 aliphatic rings. The highest BCUT2D eigenvalue weighted by molar-refractivity contribution is 6.32. The van der Waals surface area contributed by atoms with Gasteiger partial charge in [-0.3, -0.25) is 0 Å². The van der Waals surface area contributed by atoms with Crippen LogP contribution in [-0.2, 0) is 11.2 Å². The molecule has 1 fully saturated rings. The number of nitrogens with zero attached hydrogens (tertiary/aromatic N) is 3. The molecule has 0 spiro atoms. The Hall–Kier alpha value is -2.05. The van der Waals surface area contributed by atoms with Gasteiger partial charge in [0.1, 0.15) is 0 Å². The first-order chi connectivity index (χ1) is 11.6. The van der Waals surface area contributed by atoms with Crippen LogP contribution in [0.15, 0.2) is 30.5 Å². The number of hydrogen-bond donors (Lipinski definition) is 1. The maximum Gasteiger partial charge on any atom is 0.322 e. The number of nitrogens with one attached hydrogen (secondary N) is 1. The molecule has 0 radical (unpaired) electrons. The number of para-hydroxylation sites is 1. The van der Waals surface area contributed by atoms with Crippen LogP contribution in [0.5, 0.6) is 0 Å². The largest absolute Gasteiger partial charge is 0.377 e. The molecule has 2 amide bonds. The first-order valence-corrected chi connectivity index (χ1v) is 8.46. The zero-order chi connectivity index (χ0) is 17.1. The number of halogens is 1. The summed E-state index contributed by atoms with van der Waals surface area (Å²) in [7, 11) is 0. The predicted octanol–water partition coefficient (Wildman–Crippen LogP) is 3.34. The minimum Gasteiger partial charge on any atom is -0.377 e. The number of urea groups is 1. The summed E-state index contributed by atoms with van der Waals surface area (Å²) in [6.45, 7) is 5.72. The van der Waals surface area contributed by atoms with Crippen molar-refractivity contribution in [3.8, 4) is 5.69 Å². The third-order valence-electron chi connectivity index (χ3n) is 4.15. The van der Waals surface area contributed by atoms with Gasteiger partial charge in [0.05, 0.1) is 47.5 Å². The second-order valence-corrected chi connectivity index (χ2v) is 6.18. The summed E-state index contributed by atoms with van der Waals surface area (Å²) in [4.78, 5) is 14.3. The smallest absolute Gasteiger partial charge is 0.322 e. The van der Waals surface area contributed by atoms with Crippen molar-refractivity contribution in [3.05, 3.63) is 41.2 Å². The maximum absolute atomic E-state index is 12.6. The van der Waals surface area contributed by atoms with E-state index in [2.05, 4.69) is 10.4 Å². The molecule has 1 aliphatic heterocycles. The van der Waals surface area contributed by atoms with Gasteiger partial charge >= 0.3 is 6.03 Å². The number of morpholine rings is 1. The molecule has 1 aromatic heterocycles. The molecule has 1 N–H and O–H groups in total. The molecular weight excluding hydrogens is 328 g/mol. The lowest BCUT2D eigenvalue weighted by molar-refractivity contribution is 0.0221. The van der Waals surface area contributed by atoms with E-state index in [1.54, 1.807) is 15.8 Å². The summed E-state index contributed by atoms with van der Waals surface area (Å²) in [6.07, 6.45) is 2.39. The van der Waals surface area contributed by atoms with Gasteiger partial charge in [0.2, 0.25) is 0 Å². The molecule has 2 aromatic rings. The number of amides is 2. The minimum atomic E-state index is -0.126. The first kappa shape index (κ1) is 16.8. The molecule has 0 unspecified atom stereocenters. The average molecular weight is 349 g/mol. The Morgan fingerprint density at radius 2 is 2.25 bits per heavy atom. The minimum absolute atomic E-state index is 0.0578. The van der Waals surface area contributed by atoms with Crippen LogP contribution in [0, 0.1) is 0 Å². The Kier molecular flexibility index (Phi) is 5.06. The van der Waals surface area contributed by atoms with Gasteiger partial charge in [0, 0.05) is 6.54 Å². The predicted molar refractivity (Wildman–Crippen MR) is 94.0 cm³/mol. The van der Waals surface area contributed by atoms with Crippen molar-refractivity contribution in [3.63, 3.8) is 0 Å². The van der Waals surface area contributed by atoms with Crippen molar-refractivity contribution < 1.29 is 9.53 Å². The fraction of sp³-hybridized carbons (Fsp3) is 0.412. The highest BCUT2D eigenvalue weighted by Gasteiger charge is 2.25. The Bertz CT molecular complexity index is 731. The van der Waals surface area contributed by atoms with Crippen LogP contribution in [0.4, 0.5) is 10.5 Å². The topological polar surface area (TPSA) is 59.4 Å².